The number of rotatable bonds is 2. The first kappa shape index (κ1) is 9.98. The topological polar surface area (TPSA) is 58.4 Å². The fourth-order valence-corrected chi connectivity index (χ4v) is 1.76. The lowest BCUT2D eigenvalue weighted by atomic mass is 10.2. The van der Waals surface area contributed by atoms with Crippen molar-refractivity contribution in [1.82, 2.24) is 5.43 Å². The molecule has 1 aliphatic rings. The fourth-order valence-electron chi connectivity index (χ4n) is 1.76. The molecule has 0 radical (unpaired) electrons. The van der Waals surface area contributed by atoms with Crippen molar-refractivity contribution in [2.24, 2.45) is 5.73 Å². The summed E-state index contributed by atoms with van der Waals surface area (Å²) in [6.07, 6.45) is 0.554. The summed E-state index contributed by atoms with van der Waals surface area (Å²) in [5, 5.41) is 1.89. The molecule has 1 atom stereocenters. The lowest BCUT2D eigenvalue weighted by molar-refractivity contribution is -0.119. The third-order valence-electron chi connectivity index (χ3n) is 2.62. The zero-order valence-electron chi connectivity index (χ0n) is 8.73. The normalized spacial score (nSPS) is 20.5. The second kappa shape index (κ2) is 3.90. The van der Waals surface area contributed by atoms with Gasteiger partial charge in [-0.25, -0.2) is 0 Å². The second-order valence-electron chi connectivity index (χ2n) is 3.83. The lowest BCUT2D eigenvalue weighted by Crippen LogP contribution is -2.36. The predicted molar refractivity (Wildman–Crippen MR) is 59.0 cm³/mol. The van der Waals surface area contributed by atoms with Crippen LogP contribution in [0.2, 0.25) is 0 Å². The van der Waals surface area contributed by atoms with Crippen LogP contribution in [0, 0.1) is 0 Å². The van der Waals surface area contributed by atoms with Crippen LogP contribution in [-0.2, 0) is 11.3 Å². The highest BCUT2D eigenvalue weighted by Crippen LogP contribution is 2.20. The molecule has 2 rings (SSSR count). The minimum absolute atomic E-state index is 0.0744. The van der Waals surface area contributed by atoms with E-state index in [0.717, 1.165) is 11.3 Å². The molecule has 0 saturated carbocycles. The minimum Gasteiger partial charge on any atom is -0.326 e. The third-order valence-corrected chi connectivity index (χ3v) is 2.62. The average molecular weight is 205 g/mol. The Hall–Kier alpha value is -1.55. The van der Waals surface area contributed by atoms with Crippen molar-refractivity contribution in [3.05, 3.63) is 29.8 Å². The summed E-state index contributed by atoms with van der Waals surface area (Å²) < 4.78 is 0. The third kappa shape index (κ3) is 1.94. The highest BCUT2D eigenvalue weighted by atomic mass is 16.2. The van der Waals surface area contributed by atoms with E-state index in [-0.39, 0.29) is 11.9 Å². The first-order valence-electron chi connectivity index (χ1n) is 5.08. The first-order chi connectivity index (χ1) is 7.20. The first-order valence-corrected chi connectivity index (χ1v) is 5.08. The smallest absolute Gasteiger partial charge is 0.240 e. The van der Waals surface area contributed by atoms with Gasteiger partial charge in [-0.05, 0) is 24.6 Å². The van der Waals surface area contributed by atoms with Crippen LogP contribution >= 0.6 is 0 Å². The number of amides is 1. The molecular formula is C11H15N3O. The zero-order valence-corrected chi connectivity index (χ0v) is 8.73. The molecule has 0 spiro atoms. The van der Waals surface area contributed by atoms with Crippen LogP contribution in [0.1, 0.15) is 18.9 Å². The number of anilines is 1. The van der Waals surface area contributed by atoms with Crippen molar-refractivity contribution >= 4 is 11.6 Å². The van der Waals surface area contributed by atoms with Gasteiger partial charge in [0.25, 0.3) is 0 Å². The summed E-state index contributed by atoms with van der Waals surface area (Å²) in [5.74, 6) is 0.0744. The lowest BCUT2D eigenvalue weighted by Gasteiger charge is -2.22. The largest absolute Gasteiger partial charge is 0.326 e. The standard InChI is InChI=1S/C11H15N3O/c1-8-6-11(15)13-14(8)10-4-2-9(7-12)3-5-10/h2-5,8H,6-7,12H2,1H3,(H,13,15). The second-order valence-corrected chi connectivity index (χ2v) is 3.83. The molecule has 4 nitrogen and oxygen atoms in total. The molecule has 0 aromatic heterocycles. The van der Waals surface area contributed by atoms with Gasteiger partial charge in [0.05, 0.1) is 18.2 Å². The van der Waals surface area contributed by atoms with E-state index < -0.39 is 0 Å². The molecule has 0 aliphatic carbocycles. The van der Waals surface area contributed by atoms with E-state index in [4.69, 9.17) is 5.73 Å². The van der Waals surface area contributed by atoms with Gasteiger partial charge in [0, 0.05) is 6.54 Å². The van der Waals surface area contributed by atoms with Gasteiger partial charge in [0.1, 0.15) is 0 Å². The number of hydrogen-bond acceptors (Lipinski definition) is 3. The number of hydrogen-bond donors (Lipinski definition) is 2. The summed E-state index contributed by atoms with van der Waals surface area (Å²) in [4.78, 5) is 11.2. The highest BCUT2D eigenvalue weighted by molar-refractivity contribution is 5.82. The summed E-state index contributed by atoms with van der Waals surface area (Å²) in [7, 11) is 0. The average Bonchev–Trinajstić information content (AvgIpc) is 2.58. The summed E-state index contributed by atoms with van der Waals surface area (Å²) >= 11 is 0. The Balaban J connectivity index is 2.19. The number of nitrogens with one attached hydrogen (secondary N) is 1. The van der Waals surface area contributed by atoms with E-state index in [0.29, 0.717) is 13.0 Å². The summed E-state index contributed by atoms with van der Waals surface area (Å²) in [6, 6.07) is 8.12. The molecule has 1 aromatic carbocycles. The molecule has 1 aromatic rings. The van der Waals surface area contributed by atoms with Gasteiger partial charge >= 0.3 is 0 Å². The van der Waals surface area contributed by atoms with E-state index in [1.54, 1.807) is 0 Å². The Morgan fingerprint density at radius 1 is 1.47 bits per heavy atom. The van der Waals surface area contributed by atoms with Gasteiger partial charge in [-0.3, -0.25) is 15.2 Å². The van der Waals surface area contributed by atoms with E-state index in [9.17, 15) is 4.79 Å². The maximum Gasteiger partial charge on any atom is 0.240 e. The molecule has 80 valence electrons. The quantitative estimate of drug-likeness (QED) is 0.750. The maximum absolute atomic E-state index is 11.2. The van der Waals surface area contributed by atoms with Crippen molar-refractivity contribution in [3.63, 3.8) is 0 Å². The summed E-state index contributed by atoms with van der Waals surface area (Å²) in [5.41, 5.74) is 10.4. The van der Waals surface area contributed by atoms with Crippen molar-refractivity contribution in [3.8, 4) is 0 Å². The Kier molecular flexibility index (Phi) is 2.60. The van der Waals surface area contributed by atoms with Crippen LogP contribution in [0.15, 0.2) is 24.3 Å². The number of nitrogens with two attached hydrogens (primary N) is 1. The molecule has 1 heterocycles. The number of nitrogens with zero attached hydrogens (tertiary/aromatic N) is 1. The Morgan fingerprint density at radius 2 is 2.13 bits per heavy atom. The Bertz CT molecular complexity index is 361. The maximum atomic E-state index is 11.2. The van der Waals surface area contributed by atoms with E-state index >= 15 is 0 Å². The molecule has 0 bridgehead atoms. The predicted octanol–water partition coefficient (Wildman–Crippen LogP) is 0.775. The van der Waals surface area contributed by atoms with Crippen LogP contribution in [0.5, 0.6) is 0 Å². The van der Waals surface area contributed by atoms with Crippen molar-refractivity contribution < 1.29 is 4.79 Å². The van der Waals surface area contributed by atoms with Crippen molar-refractivity contribution in [2.45, 2.75) is 25.9 Å². The number of carbonyl (C=O) groups excluding carboxylic acids is 1. The van der Waals surface area contributed by atoms with E-state index in [1.165, 1.54) is 0 Å². The molecule has 1 amide bonds. The van der Waals surface area contributed by atoms with Gasteiger partial charge in [-0.2, -0.15) is 0 Å². The van der Waals surface area contributed by atoms with Crippen LogP contribution in [0.3, 0.4) is 0 Å². The minimum atomic E-state index is 0.0744. The Morgan fingerprint density at radius 3 is 2.60 bits per heavy atom. The molecule has 4 heteroatoms. The Labute approximate surface area is 89.0 Å². The monoisotopic (exact) mass is 205 g/mol. The SMILES string of the molecule is CC1CC(=O)NN1c1ccc(CN)cc1. The van der Waals surface area contributed by atoms with Crippen LogP contribution in [0.25, 0.3) is 0 Å². The van der Waals surface area contributed by atoms with Crippen LogP contribution < -0.4 is 16.2 Å². The number of carbonyl (C=O) groups is 1. The molecule has 1 saturated heterocycles. The molecule has 1 fully saturated rings. The van der Waals surface area contributed by atoms with E-state index in [2.05, 4.69) is 5.43 Å². The van der Waals surface area contributed by atoms with Gasteiger partial charge in [-0.1, -0.05) is 12.1 Å². The van der Waals surface area contributed by atoms with Gasteiger partial charge < -0.3 is 5.73 Å². The van der Waals surface area contributed by atoms with Crippen LogP contribution in [0.4, 0.5) is 5.69 Å². The van der Waals surface area contributed by atoms with Gasteiger partial charge in [-0.15, -0.1) is 0 Å². The zero-order chi connectivity index (χ0) is 10.8. The van der Waals surface area contributed by atoms with E-state index in [1.807, 2.05) is 36.2 Å². The summed E-state index contributed by atoms with van der Waals surface area (Å²) in [6.45, 7) is 2.57. The van der Waals surface area contributed by atoms with Crippen molar-refractivity contribution in [2.75, 3.05) is 5.01 Å². The molecular weight excluding hydrogens is 190 g/mol. The fraction of sp³-hybridized carbons (Fsp3) is 0.364. The highest BCUT2D eigenvalue weighted by Gasteiger charge is 2.26. The molecule has 1 aliphatic heterocycles. The number of hydrazine groups is 1. The van der Waals surface area contributed by atoms with Crippen molar-refractivity contribution in [1.29, 1.82) is 0 Å². The van der Waals surface area contributed by atoms with Gasteiger partial charge in [0.2, 0.25) is 5.91 Å². The molecule has 1 unspecified atom stereocenters. The van der Waals surface area contributed by atoms with Gasteiger partial charge in [0.15, 0.2) is 0 Å². The molecule has 15 heavy (non-hydrogen) atoms. The molecule has 3 N–H and O–H groups in total. The number of benzene rings is 1. The van der Waals surface area contributed by atoms with Crippen LogP contribution in [-0.4, -0.2) is 11.9 Å².